The van der Waals surface area contributed by atoms with E-state index in [4.69, 9.17) is 16.2 Å². The van der Waals surface area contributed by atoms with Crippen molar-refractivity contribution < 1.29 is 4.74 Å². The summed E-state index contributed by atoms with van der Waals surface area (Å²) < 4.78 is 6.49. The molecule has 1 aliphatic rings. The molecule has 0 bridgehead atoms. The Morgan fingerprint density at radius 2 is 1.92 bits per heavy atom. The van der Waals surface area contributed by atoms with Gasteiger partial charge in [-0.1, -0.05) is 31.2 Å². The van der Waals surface area contributed by atoms with Crippen molar-refractivity contribution >= 4 is 23.1 Å². The zero-order chi connectivity index (χ0) is 18.6. The van der Waals surface area contributed by atoms with Crippen LogP contribution in [0.4, 0.5) is 11.4 Å². The van der Waals surface area contributed by atoms with Crippen molar-refractivity contribution in [3.63, 3.8) is 0 Å². The van der Waals surface area contributed by atoms with E-state index in [-0.39, 0.29) is 5.60 Å². The van der Waals surface area contributed by atoms with E-state index in [9.17, 15) is 0 Å². The smallest absolute Gasteiger partial charge is 0.121 e. The van der Waals surface area contributed by atoms with Gasteiger partial charge in [-0.2, -0.15) is 0 Å². The average molecular weight is 372 g/mol. The highest BCUT2D eigenvalue weighted by Gasteiger charge is 2.35. The maximum Gasteiger partial charge on any atom is 0.121 e. The van der Waals surface area contributed by atoms with Crippen LogP contribution in [0.2, 0.25) is 0 Å². The summed E-state index contributed by atoms with van der Waals surface area (Å²) in [6.45, 7) is 5.50. The minimum absolute atomic E-state index is 0.199. The molecule has 0 spiro atoms. The first-order valence-electron chi connectivity index (χ1n) is 9.35. The fourth-order valence-corrected chi connectivity index (χ4v) is 4.30. The molecule has 0 amide bonds. The lowest BCUT2D eigenvalue weighted by Gasteiger charge is -2.40. The monoisotopic (exact) mass is 371 g/mol. The number of ether oxygens (including phenoxy) is 1. The zero-order valence-corrected chi connectivity index (χ0v) is 16.4. The van der Waals surface area contributed by atoms with Gasteiger partial charge < -0.3 is 21.5 Å². The molecule has 0 radical (unpaired) electrons. The molecule has 3 rings (SSSR count). The van der Waals surface area contributed by atoms with E-state index < -0.39 is 0 Å². The Morgan fingerprint density at radius 1 is 1.12 bits per heavy atom. The van der Waals surface area contributed by atoms with Gasteiger partial charge in [0.1, 0.15) is 11.4 Å². The van der Waals surface area contributed by atoms with E-state index in [0.717, 1.165) is 28.5 Å². The van der Waals surface area contributed by atoms with Crippen LogP contribution >= 0.6 is 11.8 Å². The first kappa shape index (κ1) is 18.9. The standard InChI is InChI=1S/C21H29N3OS/c1-3-21(2,20-9-4-5-12-24-20)25-15-7-6-8-16(13-15)26-17-10-11-18(22)19(23)14-17/h6-8,10-11,13-14,20,24H,3-5,9,12,22-23H2,1-2H3. The fourth-order valence-electron chi connectivity index (χ4n) is 3.39. The lowest BCUT2D eigenvalue weighted by molar-refractivity contribution is 0.0315. The van der Waals surface area contributed by atoms with E-state index in [1.807, 2.05) is 30.3 Å². The summed E-state index contributed by atoms with van der Waals surface area (Å²) in [5.41, 5.74) is 12.8. The molecule has 2 aromatic rings. The van der Waals surface area contributed by atoms with Crippen molar-refractivity contribution in [2.24, 2.45) is 0 Å². The molecule has 1 saturated heterocycles. The molecule has 4 nitrogen and oxygen atoms in total. The van der Waals surface area contributed by atoms with Gasteiger partial charge in [0.15, 0.2) is 0 Å². The van der Waals surface area contributed by atoms with Gasteiger partial charge in [0.05, 0.1) is 11.4 Å². The first-order valence-corrected chi connectivity index (χ1v) is 10.2. The summed E-state index contributed by atoms with van der Waals surface area (Å²) in [7, 11) is 0. The van der Waals surface area contributed by atoms with Crippen molar-refractivity contribution in [1.29, 1.82) is 0 Å². The number of hydrogen-bond acceptors (Lipinski definition) is 5. The number of nitrogen functional groups attached to an aromatic ring is 2. The molecule has 0 aromatic heterocycles. The first-order chi connectivity index (χ1) is 12.5. The average Bonchev–Trinajstić information content (AvgIpc) is 2.66. The van der Waals surface area contributed by atoms with Crippen LogP contribution in [0.25, 0.3) is 0 Å². The Hall–Kier alpha value is -1.85. The largest absolute Gasteiger partial charge is 0.486 e. The second-order valence-electron chi connectivity index (χ2n) is 7.14. The maximum atomic E-state index is 6.49. The summed E-state index contributed by atoms with van der Waals surface area (Å²) in [6.07, 6.45) is 4.66. The van der Waals surface area contributed by atoms with Gasteiger partial charge in [0.2, 0.25) is 0 Å². The van der Waals surface area contributed by atoms with Crippen LogP contribution < -0.4 is 21.5 Å². The third-order valence-electron chi connectivity index (χ3n) is 5.20. The normalized spacial score (nSPS) is 19.7. The van der Waals surface area contributed by atoms with Gasteiger partial charge in [-0.15, -0.1) is 0 Å². The molecule has 0 saturated carbocycles. The van der Waals surface area contributed by atoms with Crippen LogP contribution in [0.1, 0.15) is 39.5 Å². The van der Waals surface area contributed by atoms with Gasteiger partial charge in [-0.05, 0) is 69.1 Å². The van der Waals surface area contributed by atoms with E-state index in [1.165, 1.54) is 19.3 Å². The highest BCUT2D eigenvalue weighted by molar-refractivity contribution is 7.99. The molecule has 5 heteroatoms. The Labute approximate surface area is 160 Å². The summed E-state index contributed by atoms with van der Waals surface area (Å²) in [5.74, 6) is 0.912. The summed E-state index contributed by atoms with van der Waals surface area (Å²) >= 11 is 1.66. The van der Waals surface area contributed by atoms with E-state index in [1.54, 1.807) is 11.8 Å². The third-order valence-corrected chi connectivity index (χ3v) is 6.18. The lowest BCUT2D eigenvalue weighted by atomic mass is 9.87. The number of nitrogens with two attached hydrogens (primary N) is 2. The molecule has 140 valence electrons. The summed E-state index contributed by atoms with van der Waals surface area (Å²) in [6, 6.07) is 14.4. The predicted octanol–water partition coefficient (Wildman–Crippen LogP) is 4.69. The van der Waals surface area contributed by atoms with Crippen LogP contribution in [0.15, 0.2) is 52.3 Å². The minimum Gasteiger partial charge on any atom is -0.486 e. The molecule has 2 atom stereocenters. The van der Waals surface area contributed by atoms with Crippen LogP contribution in [0, 0.1) is 0 Å². The second-order valence-corrected chi connectivity index (χ2v) is 8.29. The van der Waals surface area contributed by atoms with Crippen LogP contribution in [0.5, 0.6) is 5.75 Å². The van der Waals surface area contributed by atoms with Crippen LogP contribution in [-0.4, -0.2) is 18.2 Å². The quantitative estimate of drug-likeness (QED) is 0.642. The molecule has 26 heavy (non-hydrogen) atoms. The number of anilines is 2. The van der Waals surface area contributed by atoms with Crippen molar-refractivity contribution in [3.05, 3.63) is 42.5 Å². The van der Waals surface area contributed by atoms with Crippen molar-refractivity contribution in [2.45, 2.75) is 61.0 Å². The SMILES string of the molecule is CCC(C)(Oc1cccc(Sc2ccc(N)c(N)c2)c1)C1CCCCN1. The van der Waals surface area contributed by atoms with Gasteiger partial charge in [0, 0.05) is 15.8 Å². The number of piperidine rings is 1. The van der Waals surface area contributed by atoms with Gasteiger partial charge in [-0.3, -0.25) is 0 Å². The van der Waals surface area contributed by atoms with E-state index in [2.05, 4.69) is 31.3 Å². The Bertz CT molecular complexity index is 746. The van der Waals surface area contributed by atoms with Gasteiger partial charge in [0.25, 0.3) is 0 Å². The molecule has 5 N–H and O–H groups in total. The van der Waals surface area contributed by atoms with Crippen molar-refractivity contribution in [1.82, 2.24) is 5.32 Å². The molecular formula is C21H29N3OS. The van der Waals surface area contributed by atoms with Crippen molar-refractivity contribution in [2.75, 3.05) is 18.0 Å². The van der Waals surface area contributed by atoms with Gasteiger partial charge in [-0.25, -0.2) is 0 Å². The summed E-state index contributed by atoms with van der Waals surface area (Å²) in [5, 5.41) is 3.64. The zero-order valence-electron chi connectivity index (χ0n) is 15.6. The Balaban J connectivity index is 1.74. The number of hydrogen-bond donors (Lipinski definition) is 3. The molecule has 2 aromatic carbocycles. The number of rotatable bonds is 6. The van der Waals surface area contributed by atoms with E-state index in [0.29, 0.717) is 17.4 Å². The molecule has 1 aliphatic heterocycles. The molecular weight excluding hydrogens is 342 g/mol. The summed E-state index contributed by atoms with van der Waals surface area (Å²) in [4.78, 5) is 2.20. The fraction of sp³-hybridized carbons (Fsp3) is 0.429. The van der Waals surface area contributed by atoms with E-state index >= 15 is 0 Å². The molecule has 0 aliphatic carbocycles. The van der Waals surface area contributed by atoms with Crippen molar-refractivity contribution in [3.8, 4) is 5.75 Å². The Kier molecular flexibility index (Phi) is 5.99. The minimum atomic E-state index is -0.199. The highest BCUT2D eigenvalue weighted by atomic mass is 32.2. The molecule has 2 unspecified atom stereocenters. The van der Waals surface area contributed by atoms with Crippen LogP contribution in [-0.2, 0) is 0 Å². The van der Waals surface area contributed by atoms with Gasteiger partial charge >= 0.3 is 0 Å². The molecule has 1 heterocycles. The highest BCUT2D eigenvalue weighted by Crippen LogP contribution is 2.34. The van der Waals surface area contributed by atoms with Crippen LogP contribution in [0.3, 0.4) is 0 Å². The predicted molar refractivity (Wildman–Crippen MR) is 111 cm³/mol. The number of benzene rings is 2. The Morgan fingerprint density at radius 3 is 2.62 bits per heavy atom. The number of nitrogens with one attached hydrogen (secondary N) is 1. The third kappa shape index (κ3) is 4.46. The second kappa shape index (κ2) is 8.23. The lowest BCUT2D eigenvalue weighted by Crippen LogP contribution is -2.54. The topological polar surface area (TPSA) is 73.3 Å². The maximum absolute atomic E-state index is 6.49. The molecule has 1 fully saturated rings.